The highest BCUT2D eigenvalue weighted by atomic mass is 16.6. The van der Waals surface area contributed by atoms with Crippen LogP contribution in [0.25, 0.3) is 0 Å². The van der Waals surface area contributed by atoms with Crippen molar-refractivity contribution in [2.24, 2.45) is 0 Å². The van der Waals surface area contributed by atoms with Crippen molar-refractivity contribution in [3.63, 3.8) is 0 Å². The predicted molar refractivity (Wildman–Crippen MR) is 111 cm³/mol. The number of hydrogen-bond donors (Lipinski definition) is 3. The second-order valence-electron chi connectivity index (χ2n) is 7.02. The zero-order valence-corrected chi connectivity index (χ0v) is 16.3. The number of anilines is 5. The summed E-state index contributed by atoms with van der Waals surface area (Å²) in [4.78, 5) is 22.5. The second-order valence-corrected chi connectivity index (χ2v) is 7.02. The maximum atomic E-state index is 12.3. The van der Waals surface area contributed by atoms with Crippen LogP contribution in [0.5, 0.6) is 0 Å². The van der Waals surface area contributed by atoms with Crippen LogP contribution in [0.3, 0.4) is 0 Å². The van der Waals surface area contributed by atoms with E-state index in [0.29, 0.717) is 17.5 Å². The zero-order valence-electron chi connectivity index (χ0n) is 16.3. The number of amides is 1. The Morgan fingerprint density at radius 3 is 2.66 bits per heavy atom. The second kappa shape index (κ2) is 8.17. The van der Waals surface area contributed by atoms with Crippen LogP contribution in [0.2, 0.25) is 0 Å². The minimum atomic E-state index is -0.341. The van der Waals surface area contributed by atoms with Gasteiger partial charge < -0.3 is 15.4 Å². The van der Waals surface area contributed by atoms with Gasteiger partial charge in [0.1, 0.15) is 6.10 Å². The van der Waals surface area contributed by atoms with Crippen LogP contribution in [0.1, 0.15) is 25.0 Å². The Labute approximate surface area is 168 Å². The molecule has 0 bridgehead atoms. The van der Waals surface area contributed by atoms with E-state index in [-0.39, 0.29) is 12.2 Å². The molecule has 4 rings (SSSR count). The van der Waals surface area contributed by atoms with Gasteiger partial charge in [-0.15, -0.1) is 0 Å². The van der Waals surface area contributed by atoms with Crippen molar-refractivity contribution < 1.29 is 9.53 Å². The fraction of sp³-hybridized carbons (Fsp3) is 0.300. The van der Waals surface area contributed by atoms with E-state index in [2.05, 4.69) is 30.8 Å². The zero-order chi connectivity index (χ0) is 20.2. The summed E-state index contributed by atoms with van der Waals surface area (Å²) in [5.74, 6) is 1.81. The maximum absolute atomic E-state index is 12.3. The van der Waals surface area contributed by atoms with Crippen molar-refractivity contribution in [1.82, 2.24) is 20.2 Å². The summed E-state index contributed by atoms with van der Waals surface area (Å²) in [5, 5.41) is 13.3. The molecule has 0 spiro atoms. The first-order valence-electron chi connectivity index (χ1n) is 9.49. The van der Waals surface area contributed by atoms with Crippen molar-refractivity contribution in [3.8, 4) is 0 Å². The van der Waals surface area contributed by atoms with E-state index < -0.39 is 0 Å². The lowest BCUT2D eigenvalue weighted by molar-refractivity contribution is 0.0582. The van der Waals surface area contributed by atoms with Gasteiger partial charge in [-0.25, -0.2) is 9.78 Å². The lowest BCUT2D eigenvalue weighted by Gasteiger charge is -2.28. The first-order chi connectivity index (χ1) is 14.1. The third-order valence-corrected chi connectivity index (χ3v) is 4.70. The van der Waals surface area contributed by atoms with Crippen LogP contribution in [0.4, 0.5) is 33.6 Å². The van der Waals surface area contributed by atoms with Gasteiger partial charge in [-0.3, -0.25) is 15.0 Å². The number of hydrogen-bond acceptors (Lipinski definition) is 7. The molecule has 1 aliphatic carbocycles. The molecule has 150 valence electrons. The van der Waals surface area contributed by atoms with Gasteiger partial charge in [0.2, 0.25) is 0 Å². The summed E-state index contributed by atoms with van der Waals surface area (Å²) in [7, 11) is 1.70. The number of carbonyl (C=O) groups is 1. The van der Waals surface area contributed by atoms with Gasteiger partial charge in [0, 0.05) is 30.2 Å². The van der Waals surface area contributed by atoms with E-state index >= 15 is 0 Å². The van der Waals surface area contributed by atoms with Crippen LogP contribution in [0.15, 0.2) is 42.7 Å². The molecule has 3 N–H and O–H groups in total. The molecule has 9 heteroatoms. The van der Waals surface area contributed by atoms with E-state index in [1.54, 1.807) is 19.4 Å². The van der Waals surface area contributed by atoms with Crippen molar-refractivity contribution in [2.45, 2.75) is 32.3 Å². The molecule has 0 saturated heterocycles. The first-order valence-corrected chi connectivity index (χ1v) is 9.49. The molecule has 1 aliphatic rings. The smallest absolute Gasteiger partial charge is 0.414 e. The molecule has 0 unspecified atom stereocenters. The Morgan fingerprint density at radius 1 is 1.17 bits per heavy atom. The molecular formula is C20H23N7O2. The van der Waals surface area contributed by atoms with Gasteiger partial charge in [0.25, 0.3) is 0 Å². The number of rotatable bonds is 6. The molecule has 1 fully saturated rings. The SMILES string of the molecule is Cc1cc(Nc2cncc(Nc3cccc(N(C)C(=O)OC4CCC4)c3)n2)n[nH]1. The molecule has 1 saturated carbocycles. The topological polar surface area (TPSA) is 108 Å². The third-order valence-electron chi connectivity index (χ3n) is 4.70. The normalized spacial score (nSPS) is 13.4. The van der Waals surface area contributed by atoms with E-state index in [0.717, 1.165) is 36.3 Å². The summed E-state index contributed by atoms with van der Waals surface area (Å²) in [6, 6.07) is 9.36. The van der Waals surface area contributed by atoms with E-state index in [1.165, 1.54) is 4.90 Å². The highest BCUT2D eigenvalue weighted by Crippen LogP contribution is 2.26. The summed E-state index contributed by atoms with van der Waals surface area (Å²) in [6.45, 7) is 1.92. The summed E-state index contributed by atoms with van der Waals surface area (Å²) in [5.41, 5.74) is 2.47. The summed E-state index contributed by atoms with van der Waals surface area (Å²) in [6.07, 6.45) is 5.97. The molecule has 1 aromatic carbocycles. The predicted octanol–water partition coefficient (Wildman–Crippen LogP) is 4.12. The molecular weight excluding hydrogens is 370 g/mol. The van der Waals surface area contributed by atoms with Crippen LogP contribution in [-0.4, -0.2) is 39.4 Å². The van der Waals surface area contributed by atoms with Gasteiger partial charge in [0.15, 0.2) is 17.5 Å². The highest BCUT2D eigenvalue weighted by molar-refractivity contribution is 5.88. The number of H-pyrrole nitrogens is 1. The average Bonchev–Trinajstić information content (AvgIpc) is 3.09. The number of benzene rings is 1. The van der Waals surface area contributed by atoms with E-state index in [9.17, 15) is 4.79 Å². The Balaban J connectivity index is 1.43. The Kier molecular flexibility index (Phi) is 5.28. The quantitative estimate of drug-likeness (QED) is 0.578. The van der Waals surface area contributed by atoms with E-state index in [4.69, 9.17) is 4.74 Å². The third kappa shape index (κ3) is 4.63. The van der Waals surface area contributed by atoms with Gasteiger partial charge >= 0.3 is 6.09 Å². The number of aryl methyl sites for hydroxylation is 1. The van der Waals surface area contributed by atoms with Gasteiger partial charge in [-0.2, -0.15) is 5.10 Å². The highest BCUT2D eigenvalue weighted by Gasteiger charge is 2.24. The number of carbonyl (C=O) groups excluding carboxylic acids is 1. The fourth-order valence-electron chi connectivity index (χ4n) is 2.86. The lowest BCUT2D eigenvalue weighted by atomic mass is 9.96. The van der Waals surface area contributed by atoms with Crippen molar-refractivity contribution in [1.29, 1.82) is 0 Å². The minimum absolute atomic E-state index is 0.0510. The van der Waals surface area contributed by atoms with Gasteiger partial charge in [-0.05, 0) is 44.4 Å². The molecule has 2 heterocycles. The molecule has 29 heavy (non-hydrogen) atoms. The van der Waals surface area contributed by atoms with Crippen LogP contribution >= 0.6 is 0 Å². The number of ether oxygens (including phenoxy) is 1. The number of nitrogens with one attached hydrogen (secondary N) is 3. The van der Waals surface area contributed by atoms with Gasteiger partial charge in [0.05, 0.1) is 12.4 Å². The standard InChI is InChI=1S/C20H23N7O2/c1-13-9-17(26-25-13)23-19-12-21-11-18(24-19)22-14-5-3-6-15(10-14)27(2)20(28)29-16-7-4-8-16/h3,5-6,9-12,16H,4,7-8H2,1-2H3,(H3,22,23,24,25,26). The van der Waals surface area contributed by atoms with Crippen molar-refractivity contribution >= 4 is 34.9 Å². The average molecular weight is 393 g/mol. The molecule has 9 nitrogen and oxygen atoms in total. The van der Waals surface area contributed by atoms with Crippen LogP contribution in [0, 0.1) is 6.92 Å². The maximum Gasteiger partial charge on any atom is 0.414 e. The van der Waals surface area contributed by atoms with Crippen LogP contribution < -0.4 is 15.5 Å². The van der Waals surface area contributed by atoms with Gasteiger partial charge in [-0.1, -0.05) is 6.07 Å². The molecule has 2 aromatic heterocycles. The molecule has 0 atom stereocenters. The van der Waals surface area contributed by atoms with E-state index in [1.807, 2.05) is 37.3 Å². The van der Waals surface area contributed by atoms with Crippen molar-refractivity contribution in [2.75, 3.05) is 22.6 Å². The number of aromatic amines is 1. The summed E-state index contributed by atoms with van der Waals surface area (Å²) < 4.78 is 5.46. The molecule has 1 amide bonds. The summed E-state index contributed by atoms with van der Waals surface area (Å²) >= 11 is 0. The minimum Gasteiger partial charge on any atom is -0.446 e. The number of nitrogens with zero attached hydrogens (tertiary/aromatic N) is 4. The Hall–Kier alpha value is -3.62. The monoisotopic (exact) mass is 393 g/mol. The molecule has 0 radical (unpaired) electrons. The number of aromatic nitrogens is 4. The fourth-order valence-corrected chi connectivity index (χ4v) is 2.86. The van der Waals surface area contributed by atoms with Crippen LogP contribution in [-0.2, 0) is 4.74 Å². The largest absolute Gasteiger partial charge is 0.446 e. The lowest BCUT2D eigenvalue weighted by Crippen LogP contribution is -2.33. The Morgan fingerprint density at radius 2 is 1.97 bits per heavy atom. The molecule has 0 aliphatic heterocycles. The molecule has 3 aromatic rings. The first kappa shape index (κ1) is 18.7. The Bertz CT molecular complexity index is 1000. The van der Waals surface area contributed by atoms with Crippen molar-refractivity contribution in [3.05, 3.63) is 48.4 Å².